The van der Waals surface area contributed by atoms with Crippen LogP contribution in [0.3, 0.4) is 0 Å². The maximum Gasteiger partial charge on any atom is 0.328 e. The van der Waals surface area contributed by atoms with Crippen molar-refractivity contribution in [3.05, 3.63) is 54.7 Å². The minimum Gasteiger partial charge on any atom is -0.310 e. The van der Waals surface area contributed by atoms with Crippen molar-refractivity contribution in [2.45, 2.75) is 20.0 Å². The Labute approximate surface area is 112 Å². The van der Waals surface area contributed by atoms with Gasteiger partial charge in [-0.2, -0.15) is 4.39 Å². The molecule has 0 aromatic carbocycles. The molecule has 0 aliphatic heterocycles. The van der Waals surface area contributed by atoms with E-state index in [2.05, 4.69) is 5.32 Å². The van der Waals surface area contributed by atoms with Crippen LogP contribution >= 0.6 is 11.3 Å². The van der Waals surface area contributed by atoms with E-state index in [-0.39, 0.29) is 0 Å². The van der Waals surface area contributed by atoms with Crippen molar-refractivity contribution in [1.29, 1.82) is 0 Å². The Morgan fingerprint density at radius 2 is 2.21 bits per heavy atom. The second-order valence-corrected chi connectivity index (χ2v) is 5.49. The third-order valence-corrected chi connectivity index (χ3v) is 3.59. The minimum absolute atomic E-state index is 0.302. The third-order valence-electron chi connectivity index (χ3n) is 2.59. The van der Waals surface area contributed by atoms with Gasteiger partial charge in [-0.05, 0) is 19.1 Å². The molecule has 102 valence electrons. The van der Waals surface area contributed by atoms with Crippen molar-refractivity contribution in [2.75, 3.05) is 6.54 Å². The molecule has 0 spiro atoms. The Bertz CT molecular complexity index is 674. The summed E-state index contributed by atoms with van der Waals surface area (Å²) in [6.07, 6.45) is 0.929. The van der Waals surface area contributed by atoms with E-state index in [4.69, 9.17) is 0 Å². The predicted octanol–water partition coefficient (Wildman–Crippen LogP) is 0.835. The third kappa shape index (κ3) is 3.62. The van der Waals surface area contributed by atoms with Crippen LogP contribution in [-0.4, -0.2) is 16.1 Å². The second-order valence-electron chi connectivity index (χ2n) is 4.12. The average Bonchev–Trinajstić information content (AvgIpc) is 2.77. The van der Waals surface area contributed by atoms with E-state index in [1.54, 1.807) is 11.3 Å². The summed E-state index contributed by atoms with van der Waals surface area (Å²) in [5.74, 6) is -0.950. The molecule has 0 radical (unpaired) electrons. The number of H-pyrrole nitrogens is 1. The largest absolute Gasteiger partial charge is 0.328 e. The van der Waals surface area contributed by atoms with Crippen molar-refractivity contribution in [3.8, 4) is 0 Å². The molecule has 0 bridgehead atoms. The first-order chi connectivity index (χ1) is 9.06. The Balaban J connectivity index is 1.88. The molecule has 0 saturated heterocycles. The van der Waals surface area contributed by atoms with Crippen LogP contribution in [0.5, 0.6) is 0 Å². The molecule has 0 unspecified atom stereocenters. The fourth-order valence-corrected chi connectivity index (χ4v) is 2.50. The van der Waals surface area contributed by atoms with Gasteiger partial charge in [0.25, 0.3) is 5.56 Å². The zero-order valence-corrected chi connectivity index (χ0v) is 11.2. The molecule has 2 aromatic heterocycles. The standard InChI is InChI=1S/C12H14FN3O2S/c1-8-2-3-9(19-8)6-14-4-5-16-7-10(13)11(17)15-12(16)18/h2-3,7,14H,4-6H2,1H3,(H,15,17,18). The first kappa shape index (κ1) is 13.7. The lowest BCUT2D eigenvalue weighted by molar-refractivity contribution is 0.530. The molecule has 0 amide bonds. The van der Waals surface area contributed by atoms with Crippen LogP contribution in [0.2, 0.25) is 0 Å². The number of aryl methyl sites for hydroxylation is 1. The monoisotopic (exact) mass is 283 g/mol. The highest BCUT2D eigenvalue weighted by Crippen LogP contribution is 2.14. The number of thiophene rings is 1. The highest BCUT2D eigenvalue weighted by Gasteiger charge is 2.03. The van der Waals surface area contributed by atoms with E-state index in [0.717, 1.165) is 10.8 Å². The smallest absolute Gasteiger partial charge is 0.310 e. The molecule has 19 heavy (non-hydrogen) atoms. The molecular weight excluding hydrogens is 269 g/mol. The number of aromatic nitrogens is 2. The molecule has 0 fully saturated rings. The van der Waals surface area contributed by atoms with Crippen molar-refractivity contribution in [3.63, 3.8) is 0 Å². The van der Waals surface area contributed by atoms with Gasteiger partial charge < -0.3 is 5.32 Å². The number of nitrogens with one attached hydrogen (secondary N) is 2. The quantitative estimate of drug-likeness (QED) is 0.799. The fourth-order valence-electron chi connectivity index (χ4n) is 1.64. The van der Waals surface area contributed by atoms with Crippen LogP contribution in [0, 0.1) is 12.7 Å². The lowest BCUT2D eigenvalue weighted by Gasteiger charge is -2.05. The van der Waals surface area contributed by atoms with Crippen molar-refractivity contribution in [1.82, 2.24) is 14.9 Å². The van der Waals surface area contributed by atoms with E-state index < -0.39 is 17.1 Å². The summed E-state index contributed by atoms with van der Waals surface area (Å²) in [6, 6.07) is 4.09. The fraction of sp³-hybridized carbons (Fsp3) is 0.333. The SMILES string of the molecule is Cc1ccc(CNCCn2cc(F)c(=O)[nH]c2=O)s1. The van der Waals surface area contributed by atoms with E-state index >= 15 is 0 Å². The summed E-state index contributed by atoms with van der Waals surface area (Å²) < 4.78 is 14.2. The van der Waals surface area contributed by atoms with Gasteiger partial charge in [0.1, 0.15) is 0 Å². The lowest BCUT2D eigenvalue weighted by atomic mass is 10.4. The maximum absolute atomic E-state index is 13.0. The molecular formula is C12H14FN3O2S. The summed E-state index contributed by atoms with van der Waals surface area (Å²) in [5.41, 5.74) is -1.58. The van der Waals surface area contributed by atoms with Gasteiger partial charge >= 0.3 is 5.69 Å². The van der Waals surface area contributed by atoms with Gasteiger partial charge in [0.2, 0.25) is 5.82 Å². The normalized spacial score (nSPS) is 10.8. The van der Waals surface area contributed by atoms with Gasteiger partial charge in [0, 0.05) is 29.4 Å². The lowest BCUT2D eigenvalue weighted by Crippen LogP contribution is -2.33. The molecule has 0 atom stereocenters. The van der Waals surface area contributed by atoms with Gasteiger partial charge in [-0.25, -0.2) is 4.79 Å². The highest BCUT2D eigenvalue weighted by atomic mass is 32.1. The number of halogens is 1. The summed E-state index contributed by atoms with van der Waals surface area (Å²) in [5, 5.41) is 3.16. The van der Waals surface area contributed by atoms with Crippen LogP contribution in [0.1, 0.15) is 9.75 Å². The van der Waals surface area contributed by atoms with Gasteiger partial charge in [-0.15, -0.1) is 11.3 Å². The second kappa shape index (κ2) is 5.94. The van der Waals surface area contributed by atoms with Crippen LogP contribution in [-0.2, 0) is 13.1 Å². The highest BCUT2D eigenvalue weighted by molar-refractivity contribution is 7.11. The molecule has 0 aliphatic rings. The molecule has 7 heteroatoms. The summed E-state index contributed by atoms with van der Waals surface area (Å²) in [4.78, 5) is 26.6. The van der Waals surface area contributed by atoms with E-state index in [0.29, 0.717) is 19.6 Å². The number of nitrogens with zero attached hydrogens (tertiary/aromatic N) is 1. The van der Waals surface area contributed by atoms with E-state index in [1.807, 2.05) is 24.0 Å². The Hall–Kier alpha value is -1.73. The summed E-state index contributed by atoms with van der Waals surface area (Å²) >= 11 is 1.70. The van der Waals surface area contributed by atoms with E-state index in [1.165, 1.54) is 9.75 Å². The van der Waals surface area contributed by atoms with Crippen LogP contribution in [0.4, 0.5) is 4.39 Å². The van der Waals surface area contributed by atoms with Crippen molar-refractivity contribution in [2.24, 2.45) is 0 Å². The molecule has 5 nitrogen and oxygen atoms in total. The van der Waals surface area contributed by atoms with Crippen LogP contribution in [0.15, 0.2) is 27.9 Å². The van der Waals surface area contributed by atoms with Gasteiger partial charge in [-0.3, -0.25) is 14.3 Å². The molecule has 2 N–H and O–H groups in total. The molecule has 2 rings (SSSR count). The Morgan fingerprint density at radius 3 is 2.89 bits per heavy atom. The first-order valence-corrected chi connectivity index (χ1v) is 6.63. The van der Waals surface area contributed by atoms with Crippen molar-refractivity contribution >= 4 is 11.3 Å². The average molecular weight is 283 g/mol. The molecule has 0 aliphatic carbocycles. The topological polar surface area (TPSA) is 66.9 Å². The number of rotatable bonds is 5. The zero-order chi connectivity index (χ0) is 13.8. The molecule has 2 heterocycles. The van der Waals surface area contributed by atoms with Gasteiger partial charge in [0.05, 0.1) is 6.20 Å². The molecule has 2 aromatic rings. The van der Waals surface area contributed by atoms with Crippen LogP contribution in [0.25, 0.3) is 0 Å². The number of hydrogen-bond donors (Lipinski definition) is 2. The summed E-state index contributed by atoms with van der Waals surface area (Å²) in [7, 11) is 0. The molecule has 0 saturated carbocycles. The van der Waals surface area contributed by atoms with Crippen molar-refractivity contribution < 1.29 is 4.39 Å². The maximum atomic E-state index is 13.0. The summed E-state index contributed by atoms with van der Waals surface area (Å²) in [6.45, 7) is 3.56. The van der Waals surface area contributed by atoms with E-state index in [9.17, 15) is 14.0 Å². The van der Waals surface area contributed by atoms with Gasteiger partial charge in [0.15, 0.2) is 0 Å². The Morgan fingerprint density at radius 1 is 1.42 bits per heavy atom. The minimum atomic E-state index is -0.983. The number of aromatic amines is 1. The first-order valence-electron chi connectivity index (χ1n) is 5.81. The predicted molar refractivity (Wildman–Crippen MR) is 72.0 cm³/mol. The van der Waals surface area contributed by atoms with Gasteiger partial charge in [-0.1, -0.05) is 0 Å². The van der Waals surface area contributed by atoms with Crippen LogP contribution < -0.4 is 16.6 Å². The zero-order valence-electron chi connectivity index (χ0n) is 10.4. The Kier molecular flexibility index (Phi) is 4.28. The number of hydrogen-bond acceptors (Lipinski definition) is 4.